The average Bonchev–Trinajstić information content (AvgIpc) is 3.62. The first kappa shape index (κ1) is 35.1. The summed E-state index contributed by atoms with van der Waals surface area (Å²) in [6.45, 7) is -0.464. The molecule has 0 saturated carbocycles. The van der Waals surface area contributed by atoms with Crippen LogP contribution < -0.4 is 0 Å². The molecule has 2 saturated heterocycles. The van der Waals surface area contributed by atoms with Gasteiger partial charge in [-0.25, -0.2) is 14.4 Å². The van der Waals surface area contributed by atoms with E-state index in [2.05, 4.69) is 0 Å². The molecule has 0 spiro atoms. The first-order valence-corrected chi connectivity index (χ1v) is 15.3. The fraction of sp³-hybridized carbons (Fsp3) is 0.400. The minimum Gasteiger partial charge on any atom is -0.459 e. The van der Waals surface area contributed by atoms with Crippen LogP contribution in [0.5, 0.6) is 0 Å². The number of hydrogen-bond donors (Lipinski definition) is 1. The number of carbonyl (C=O) groups is 3. The summed E-state index contributed by atoms with van der Waals surface area (Å²) in [4.78, 5) is 39.7. The van der Waals surface area contributed by atoms with Gasteiger partial charge in [-0.1, -0.05) is 54.6 Å². The van der Waals surface area contributed by atoms with Gasteiger partial charge in [-0.15, -0.1) is 0 Å². The van der Waals surface area contributed by atoms with E-state index >= 15 is 0 Å². The van der Waals surface area contributed by atoms with Crippen molar-refractivity contribution in [3.63, 3.8) is 0 Å². The van der Waals surface area contributed by atoms with Gasteiger partial charge in [0.05, 0.1) is 23.3 Å². The zero-order chi connectivity index (χ0) is 34.0. The van der Waals surface area contributed by atoms with Crippen LogP contribution in [0.4, 0.5) is 0 Å². The molecular weight excluding hydrogens is 628 g/mol. The van der Waals surface area contributed by atoms with Crippen molar-refractivity contribution in [1.82, 2.24) is 0 Å². The van der Waals surface area contributed by atoms with E-state index < -0.39 is 73.2 Å². The molecule has 3 aromatic rings. The van der Waals surface area contributed by atoms with Gasteiger partial charge in [0, 0.05) is 21.3 Å². The Labute approximate surface area is 277 Å². The fourth-order valence-electron chi connectivity index (χ4n) is 5.58. The monoisotopic (exact) mass is 666 g/mol. The Morgan fingerprint density at radius 2 is 1.17 bits per heavy atom. The smallest absolute Gasteiger partial charge is 0.338 e. The summed E-state index contributed by atoms with van der Waals surface area (Å²) in [6, 6.07) is 24.7. The standard InChI is InChI=1S/C35H38O13/c1-40-19-24(26-28(41-2)29(42-3)34(39)47-26)44-35-30(48-33(38)23-17-11-6-12-18-23)27(46-32(37)22-15-9-5-10-16-22)25(45-35)20-43-31(36)21-13-7-4-8-14-21/h4-18,24-30,34-35,39H,19-20H2,1-3H3/t24-,25-,26-,27-,28+,29-,30+,34-,35+/m1/s1. The molecule has 5 rings (SSSR count). The van der Waals surface area contributed by atoms with Crippen molar-refractivity contribution in [3.8, 4) is 0 Å². The molecule has 13 heteroatoms. The third-order valence-corrected chi connectivity index (χ3v) is 7.94. The van der Waals surface area contributed by atoms with Gasteiger partial charge in [0.25, 0.3) is 0 Å². The maximum absolute atomic E-state index is 13.4. The average molecular weight is 667 g/mol. The van der Waals surface area contributed by atoms with Crippen molar-refractivity contribution in [1.29, 1.82) is 0 Å². The zero-order valence-electron chi connectivity index (χ0n) is 26.6. The predicted octanol–water partition coefficient (Wildman–Crippen LogP) is 2.80. The highest BCUT2D eigenvalue weighted by atomic mass is 16.8. The first-order chi connectivity index (χ1) is 23.3. The Hall–Kier alpha value is -4.21. The lowest BCUT2D eigenvalue weighted by molar-refractivity contribution is -0.237. The highest BCUT2D eigenvalue weighted by molar-refractivity contribution is 5.91. The Bertz CT molecular complexity index is 1470. The van der Waals surface area contributed by atoms with E-state index in [9.17, 15) is 19.5 Å². The normalized spacial score (nSPS) is 27.2. The summed E-state index contributed by atoms with van der Waals surface area (Å²) in [7, 11) is 4.28. The summed E-state index contributed by atoms with van der Waals surface area (Å²) in [5.41, 5.74) is 0.749. The molecule has 256 valence electrons. The molecule has 3 aromatic carbocycles. The lowest BCUT2D eigenvalue weighted by Crippen LogP contribution is -2.48. The third-order valence-electron chi connectivity index (χ3n) is 7.94. The fourth-order valence-corrected chi connectivity index (χ4v) is 5.58. The Balaban J connectivity index is 1.46. The maximum atomic E-state index is 13.4. The van der Waals surface area contributed by atoms with Crippen molar-refractivity contribution in [2.45, 2.75) is 55.3 Å². The van der Waals surface area contributed by atoms with Gasteiger partial charge in [0.2, 0.25) is 0 Å². The van der Waals surface area contributed by atoms with Crippen molar-refractivity contribution >= 4 is 17.9 Å². The SMILES string of the molecule is COC[C@@H](O[C@H]1O[C@H](COC(=O)c2ccccc2)[C@@H](OC(=O)c2ccccc2)[C@@H]1OC(=O)c1ccccc1)[C@H]1O[C@@H](O)[C@H](OC)[C@H]1OC. The molecule has 2 fully saturated rings. The molecule has 2 heterocycles. The molecule has 9 atom stereocenters. The minimum atomic E-state index is -1.40. The molecule has 0 aliphatic carbocycles. The maximum Gasteiger partial charge on any atom is 0.338 e. The number of methoxy groups -OCH3 is 3. The number of hydrogen-bond acceptors (Lipinski definition) is 13. The molecule has 0 bridgehead atoms. The Morgan fingerprint density at radius 1 is 0.667 bits per heavy atom. The van der Waals surface area contributed by atoms with Crippen molar-refractivity contribution < 1.29 is 62.1 Å². The van der Waals surface area contributed by atoms with Crippen molar-refractivity contribution in [3.05, 3.63) is 108 Å². The second-order valence-corrected chi connectivity index (χ2v) is 11.0. The number of aliphatic hydroxyl groups is 1. The Kier molecular flexibility index (Phi) is 12.3. The van der Waals surface area contributed by atoms with Gasteiger partial charge in [0.15, 0.2) is 24.8 Å². The van der Waals surface area contributed by atoms with Crippen LogP contribution in [-0.4, -0.2) is 113 Å². The van der Waals surface area contributed by atoms with E-state index in [1.54, 1.807) is 91.0 Å². The van der Waals surface area contributed by atoms with Crippen LogP contribution in [0.15, 0.2) is 91.0 Å². The van der Waals surface area contributed by atoms with Crippen molar-refractivity contribution in [2.75, 3.05) is 34.5 Å². The number of ether oxygens (including phenoxy) is 9. The van der Waals surface area contributed by atoms with Crippen LogP contribution in [0.2, 0.25) is 0 Å². The van der Waals surface area contributed by atoms with Gasteiger partial charge in [-0.2, -0.15) is 0 Å². The van der Waals surface area contributed by atoms with E-state index in [0.29, 0.717) is 5.56 Å². The van der Waals surface area contributed by atoms with Crippen LogP contribution in [0.1, 0.15) is 31.1 Å². The molecule has 0 radical (unpaired) electrons. The molecule has 48 heavy (non-hydrogen) atoms. The number of esters is 3. The zero-order valence-corrected chi connectivity index (χ0v) is 26.6. The van der Waals surface area contributed by atoms with E-state index in [1.807, 2.05) is 0 Å². The number of benzene rings is 3. The lowest BCUT2D eigenvalue weighted by atomic mass is 10.1. The van der Waals surface area contributed by atoms with Gasteiger partial charge in [0.1, 0.15) is 37.1 Å². The van der Waals surface area contributed by atoms with Gasteiger partial charge in [-0.3, -0.25) is 0 Å². The molecule has 0 amide bonds. The highest BCUT2D eigenvalue weighted by Gasteiger charge is 2.55. The predicted molar refractivity (Wildman–Crippen MR) is 166 cm³/mol. The van der Waals surface area contributed by atoms with E-state index in [4.69, 9.17) is 42.6 Å². The highest BCUT2D eigenvalue weighted by Crippen LogP contribution is 2.34. The molecule has 2 aliphatic heterocycles. The quantitative estimate of drug-likeness (QED) is 0.198. The summed E-state index contributed by atoms with van der Waals surface area (Å²) in [5, 5.41) is 10.5. The molecule has 13 nitrogen and oxygen atoms in total. The van der Waals surface area contributed by atoms with Gasteiger partial charge in [-0.05, 0) is 36.4 Å². The molecule has 0 unspecified atom stereocenters. The summed E-state index contributed by atoms with van der Waals surface area (Å²) < 4.78 is 52.2. The topological polar surface area (TPSA) is 155 Å². The molecular formula is C35H38O13. The molecule has 0 aromatic heterocycles. The molecule has 2 aliphatic rings. The lowest BCUT2D eigenvalue weighted by Gasteiger charge is -2.31. The van der Waals surface area contributed by atoms with Crippen LogP contribution in [-0.2, 0) is 42.6 Å². The van der Waals surface area contributed by atoms with E-state index in [-0.39, 0.29) is 24.3 Å². The van der Waals surface area contributed by atoms with E-state index in [0.717, 1.165) is 0 Å². The second kappa shape index (κ2) is 16.8. The summed E-state index contributed by atoms with van der Waals surface area (Å²) in [5.74, 6) is -2.12. The van der Waals surface area contributed by atoms with Crippen molar-refractivity contribution in [2.24, 2.45) is 0 Å². The third kappa shape index (κ3) is 8.25. The van der Waals surface area contributed by atoms with Crippen LogP contribution in [0, 0.1) is 0 Å². The first-order valence-electron chi connectivity index (χ1n) is 15.3. The van der Waals surface area contributed by atoms with E-state index in [1.165, 1.54) is 21.3 Å². The Morgan fingerprint density at radius 3 is 1.67 bits per heavy atom. The summed E-state index contributed by atoms with van der Waals surface area (Å²) in [6.07, 6.45) is -10.1. The number of aliphatic hydroxyl groups excluding tert-OH is 1. The second-order valence-electron chi connectivity index (χ2n) is 11.0. The van der Waals surface area contributed by atoms with Gasteiger partial charge < -0.3 is 47.7 Å². The minimum absolute atomic E-state index is 0.0744. The summed E-state index contributed by atoms with van der Waals surface area (Å²) >= 11 is 0. The van der Waals surface area contributed by atoms with Crippen LogP contribution >= 0.6 is 0 Å². The van der Waals surface area contributed by atoms with Crippen LogP contribution in [0.3, 0.4) is 0 Å². The largest absolute Gasteiger partial charge is 0.459 e. The number of rotatable bonds is 14. The number of carbonyl (C=O) groups excluding carboxylic acids is 3. The molecule has 1 N–H and O–H groups in total. The van der Waals surface area contributed by atoms with Gasteiger partial charge >= 0.3 is 17.9 Å². The van der Waals surface area contributed by atoms with Crippen LogP contribution in [0.25, 0.3) is 0 Å².